The third kappa shape index (κ3) is 3.87. The monoisotopic (exact) mass is 338 g/mol. The maximum Gasteiger partial charge on any atom is 0.315 e. The molecule has 0 saturated carbocycles. The molecular weight excluding hydrogens is 312 g/mol. The molecule has 3 rings (SSSR count). The molecule has 1 aromatic heterocycles. The van der Waals surface area contributed by atoms with Gasteiger partial charge in [-0.25, -0.2) is 4.79 Å². The van der Waals surface area contributed by atoms with Gasteiger partial charge in [0.25, 0.3) is 0 Å². The predicted octanol–water partition coefficient (Wildman–Crippen LogP) is 1.37. The van der Waals surface area contributed by atoms with Crippen LogP contribution in [0.15, 0.2) is 4.52 Å². The van der Waals surface area contributed by atoms with Crippen LogP contribution < -0.4 is 10.6 Å². The zero-order chi connectivity index (χ0) is 17.0. The van der Waals surface area contributed by atoms with Crippen molar-refractivity contribution in [1.29, 1.82) is 0 Å². The molecule has 3 heterocycles. The van der Waals surface area contributed by atoms with E-state index in [0.717, 1.165) is 19.3 Å². The smallest absolute Gasteiger partial charge is 0.315 e. The molecule has 8 nitrogen and oxygen atoms in total. The number of aromatic nitrogens is 2. The molecule has 2 saturated heterocycles. The Morgan fingerprint density at radius 1 is 1.33 bits per heavy atom. The number of urea groups is 1. The van der Waals surface area contributed by atoms with Crippen LogP contribution in [0.2, 0.25) is 0 Å². The van der Waals surface area contributed by atoms with Gasteiger partial charge in [0.2, 0.25) is 5.89 Å². The van der Waals surface area contributed by atoms with Crippen molar-refractivity contribution in [2.24, 2.45) is 0 Å². The normalized spacial score (nSPS) is 22.9. The van der Waals surface area contributed by atoms with Crippen LogP contribution >= 0.6 is 0 Å². The summed E-state index contributed by atoms with van der Waals surface area (Å²) in [6.45, 7) is 6.54. The van der Waals surface area contributed by atoms with Crippen molar-refractivity contribution in [2.45, 2.75) is 57.1 Å². The summed E-state index contributed by atoms with van der Waals surface area (Å²) in [5.74, 6) is 1.47. The lowest BCUT2D eigenvalue weighted by molar-refractivity contribution is -0.0869. The third-order valence-electron chi connectivity index (χ3n) is 4.70. The fraction of sp³-hybridized carbons (Fsp3) is 0.812. The Labute approximate surface area is 141 Å². The zero-order valence-corrected chi connectivity index (χ0v) is 14.3. The SMILES string of the molecule is CC(C)c1noc(CCNC(=O)NC2CCOC23CCOCC3)n1. The van der Waals surface area contributed by atoms with Crippen LogP contribution in [0.4, 0.5) is 4.79 Å². The van der Waals surface area contributed by atoms with E-state index in [0.29, 0.717) is 44.5 Å². The second-order valence-electron chi connectivity index (χ2n) is 6.72. The number of nitrogens with zero attached hydrogens (tertiary/aromatic N) is 2. The van der Waals surface area contributed by atoms with Gasteiger partial charge in [0, 0.05) is 51.5 Å². The molecule has 0 radical (unpaired) electrons. The van der Waals surface area contributed by atoms with E-state index in [1.54, 1.807) is 0 Å². The van der Waals surface area contributed by atoms with Crippen molar-refractivity contribution < 1.29 is 18.8 Å². The number of nitrogens with one attached hydrogen (secondary N) is 2. The van der Waals surface area contributed by atoms with Gasteiger partial charge < -0.3 is 24.6 Å². The van der Waals surface area contributed by atoms with Gasteiger partial charge in [0.15, 0.2) is 5.82 Å². The lowest BCUT2D eigenvalue weighted by Crippen LogP contribution is -2.54. The standard InChI is InChI=1S/C16H26N4O4/c1-11(2)14-19-13(24-20-14)3-7-17-15(21)18-12-4-8-23-16(12)5-9-22-10-6-16/h11-12H,3-10H2,1-2H3,(H2,17,18,21). The Balaban J connectivity index is 1.43. The first kappa shape index (κ1) is 17.2. The summed E-state index contributed by atoms with van der Waals surface area (Å²) in [5.41, 5.74) is -0.256. The minimum atomic E-state index is -0.256. The maximum atomic E-state index is 12.2. The molecule has 134 valence electrons. The van der Waals surface area contributed by atoms with Crippen molar-refractivity contribution in [3.8, 4) is 0 Å². The average Bonchev–Trinajstić information content (AvgIpc) is 3.17. The van der Waals surface area contributed by atoms with Crippen LogP contribution in [-0.4, -0.2) is 54.2 Å². The molecule has 0 aliphatic carbocycles. The topological polar surface area (TPSA) is 98.5 Å². The van der Waals surface area contributed by atoms with Crippen LogP contribution in [-0.2, 0) is 15.9 Å². The molecule has 2 N–H and O–H groups in total. The van der Waals surface area contributed by atoms with Gasteiger partial charge in [-0.3, -0.25) is 0 Å². The number of amides is 2. The van der Waals surface area contributed by atoms with E-state index in [1.807, 2.05) is 13.8 Å². The number of carbonyl (C=O) groups is 1. The van der Waals surface area contributed by atoms with E-state index in [2.05, 4.69) is 20.8 Å². The second-order valence-corrected chi connectivity index (χ2v) is 6.72. The molecule has 0 bridgehead atoms. The lowest BCUT2D eigenvalue weighted by Gasteiger charge is -2.37. The van der Waals surface area contributed by atoms with E-state index >= 15 is 0 Å². The van der Waals surface area contributed by atoms with Crippen molar-refractivity contribution in [1.82, 2.24) is 20.8 Å². The van der Waals surface area contributed by atoms with Crippen molar-refractivity contribution >= 4 is 6.03 Å². The fourth-order valence-corrected chi connectivity index (χ4v) is 3.25. The van der Waals surface area contributed by atoms with Gasteiger partial charge >= 0.3 is 6.03 Å². The molecule has 2 amide bonds. The molecule has 1 atom stereocenters. The molecule has 2 aliphatic heterocycles. The number of ether oxygens (including phenoxy) is 2. The van der Waals surface area contributed by atoms with E-state index in [4.69, 9.17) is 14.0 Å². The quantitative estimate of drug-likeness (QED) is 0.841. The van der Waals surface area contributed by atoms with Crippen LogP contribution in [0.25, 0.3) is 0 Å². The molecular formula is C16H26N4O4. The second kappa shape index (κ2) is 7.48. The fourth-order valence-electron chi connectivity index (χ4n) is 3.25. The van der Waals surface area contributed by atoms with Gasteiger partial charge in [0.05, 0.1) is 11.6 Å². The van der Waals surface area contributed by atoms with Gasteiger partial charge in [-0.2, -0.15) is 4.98 Å². The highest BCUT2D eigenvalue weighted by atomic mass is 16.5. The van der Waals surface area contributed by atoms with Gasteiger partial charge in [-0.05, 0) is 6.42 Å². The molecule has 1 unspecified atom stereocenters. The summed E-state index contributed by atoms with van der Waals surface area (Å²) < 4.78 is 16.5. The largest absolute Gasteiger partial charge is 0.381 e. The zero-order valence-electron chi connectivity index (χ0n) is 14.3. The third-order valence-corrected chi connectivity index (χ3v) is 4.70. The van der Waals surface area contributed by atoms with Gasteiger partial charge in [-0.15, -0.1) is 0 Å². The van der Waals surface area contributed by atoms with E-state index in [1.165, 1.54) is 0 Å². The van der Waals surface area contributed by atoms with Crippen molar-refractivity contribution in [3.05, 3.63) is 11.7 Å². The molecule has 1 spiro atoms. The Kier molecular flexibility index (Phi) is 5.35. The summed E-state index contributed by atoms with van der Waals surface area (Å²) in [5, 5.41) is 9.82. The first-order valence-corrected chi connectivity index (χ1v) is 8.67. The van der Waals surface area contributed by atoms with Crippen LogP contribution in [0.5, 0.6) is 0 Å². The molecule has 8 heteroatoms. The van der Waals surface area contributed by atoms with Crippen molar-refractivity contribution in [2.75, 3.05) is 26.4 Å². The molecule has 0 aromatic carbocycles. The summed E-state index contributed by atoms with van der Waals surface area (Å²) in [6, 6.07) is -0.141. The Morgan fingerprint density at radius 2 is 2.12 bits per heavy atom. The van der Waals surface area contributed by atoms with E-state index in [-0.39, 0.29) is 23.6 Å². The summed E-state index contributed by atoms with van der Waals surface area (Å²) in [4.78, 5) is 16.4. The molecule has 2 fully saturated rings. The van der Waals surface area contributed by atoms with Crippen LogP contribution in [0.3, 0.4) is 0 Å². The number of hydrogen-bond donors (Lipinski definition) is 2. The number of hydrogen-bond acceptors (Lipinski definition) is 6. The van der Waals surface area contributed by atoms with E-state index in [9.17, 15) is 4.79 Å². The molecule has 24 heavy (non-hydrogen) atoms. The molecule has 1 aromatic rings. The van der Waals surface area contributed by atoms with Crippen molar-refractivity contribution in [3.63, 3.8) is 0 Å². The Morgan fingerprint density at radius 3 is 2.83 bits per heavy atom. The van der Waals surface area contributed by atoms with Crippen LogP contribution in [0, 0.1) is 0 Å². The first-order valence-electron chi connectivity index (χ1n) is 8.67. The highest BCUT2D eigenvalue weighted by Gasteiger charge is 2.46. The lowest BCUT2D eigenvalue weighted by atomic mass is 9.86. The van der Waals surface area contributed by atoms with Gasteiger partial charge in [-0.1, -0.05) is 19.0 Å². The highest BCUT2D eigenvalue weighted by Crippen LogP contribution is 2.35. The Bertz CT molecular complexity index is 554. The average molecular weight is 338 g/mol. The Hall–Kier alpha value is -1.67. The minimum Gasteiger partial charge on any atom is -0.381 e. The number of rotatable bonds is 5. The maximum absolute atomic E-state index is 12.2. The first-order chi connectivity index (χ1) is 11.6. The van der Waals surface area contributed by atoms with Crippen LogP contribution in [0.1, 0.15) is 50.7 Å². The summed E-state index contributed by atoms with van der Waals surface area (Å²) in [7, 11) is 0. The summed E-state index contributed by atoms with van der Waals surface area (Å²) in [6.07, 6.45) is 3.03. The number of carbonyl (C=O) groups excluding carboxylic acids is 1. The van der Waals surface area contributed by atoms with E-state index < -0.39 is 0 Å². The predicted molar refractivity (Wildman–Crippen MR) is 85.8 cm³/mol. The minimum absolute atomic E-state index is 0.0392. The molecule has 2 aliphatic rings. The highest BCUT2D eigenvalue weighted by molar-refractivity contribution is 5.74. The van der Waals surface area contributed by atoms with Gasteiger partial charge in [0.1, 0.15) is 0 Å². The summed E-state index contributed by atoms with van der Waals surface area (Å²) >= 11 is 0.